The molecule has 2 atom stereocenters. The molecule has 0 fully saturated rings. The van der Waals surface area contributed by atoms with Crippen LogP contribution in [0, 0.1) is 5.92 Å². The lowest BCUT2D eigenvalue weighted by atomic mass is 9.97. The molecule has 2 rings (SSSR count). The van der Waals surface area contributed by atoms with Crippen molar-refractivity contribution >= 4 is 18.3 Å². The third-order valence-electron chi connectivity index (χ3n) is 3.90. The summed E-state index contributed by atoms with van der Waals surface area (Å²) in [7, 11) is 1.85. The van der Waals surface area contributed by atoms with E-state index < -0.39 is 0 Å². The van der Waals surface area contributed by atoms with E-state index in [2.05, 4.69) is 10.6 Å². The van der Waals surface area contributed by atoms with Crippen molar-refractivity contribution in [3.8, 4) is 5.75 Å². The number of hydrogen-bond donors (Lipinski definition) is 2. The lowest BCUT2D eigenvalue weighted by molar-refractivity contribution is -0.124. The van der Waals surface area contributed by atoms with E-state index in [0.717, 1.165) is 16.9 Å². The van der Waals surface area contributed by atoms with Crippen molar-refractivity contribution in [2.75, 3.05) is 20.2 Å². The molecule has 0 saturated heterocycles. The molecular formula is C20H27ClN2O2. The van der Waals surface area contributed by atoms with Crippen LogP contribution in [0.5, 0.6) is 5.75 Å². The largest absolute Gasteiger partial charge is 0.494 e. The van der Waals surface area contributed by atoms with Crippen molar-refractivity contribution < 1.29 is 9.53 Å². The second-order valence-electron chi connectivity index (χ2n) is 5.81. The summed E-state index contributed by atoms with van der Waals surface area (Å²) in [6.07, 6.45) is 0. The van der Waals surface area contributed by atoms with Crippen LogP contribution in [0.25, 0.3) is 0 Å². The van der Waals surface area contributed by atoms with Crippen LogP contribution >= 0.6 is 12.4 Å². The van der Waals surface area contributed by atoms with Crippen LogP contribution in [0.1, 0.15) is 31.0 Å². The zero-order chi connectivity index (χ0) is 17.4. The predicted molar refractivity (Wildman–Crippen MR) is 104 cm³/mol. The van der Waals surface area contributed by atoms with Crippen molar-refractivity contribution in [2.24, 2.45) is 5.92 Å². The Bertz CT molecular complexity index is 632. The molecular weight excluding hydrogens is 336 g/mol. The van der Waals surface area contributed by atoms with Crippen LogP contribution in [0.3, 0.4) is 0 Å². The zero-order valence-corrected chi connectivity index (χ0v) is 15.8. The molecule has 0 heterocycles. The summed E-state index contributed by atoms with van der Waals surface area (Å²) in [6.45, 7) is 5.17. The normalized spacial score (nSPS) is 12.6. The fraction of sp³-hybridized carbons (Fsp3) is 0.350. The Hall–Kier alpha value is -2.04. The van der Waals surface area contributed by atoms with Gasteiger partial charge in [0.2, 0.25) is 5.91 Å². The number of rotatable bonds is 8. The molecule has 0 aliphatic heterocycles. The Morgan fingerprint density at radius 1 is 1.04 bits per heavy atom. The van der Waals surface area contributed by atoms with Gasteiger partial charge >= 0.3 is 0 Å². The number of halogens is 1. The molecule has 2 unspecified atom stereocenters. The van der Waals surface area contributed by atoms with Crippen LogP contribution in [0.15, 0.2) is 54.6 Å². The Labute approximate surface area is 156 Å². The summed E-state index contributed by atoms with van der Waals surface area (Å²) < 4.78 is 5.50. The Kier molecular flexibility index (Phi) is 9.03. The van der Waals surface area contributed by atoms with E-state index >= 15 is 0 Å². The van der Waals surface area contributed by atoms with Crippen LogP contribution in [0.4, 0.5) is 0 Å². The van der Waals surface area contributed by atoms with E-state index in [4.69, 9.17) is 4.74 Å². The zero-order valence-electron chi connectivity index (χ0n) is 15.0. The average Bonchev–Trinajstić information content (AvgIpc) is 2.61. The molecule has 0 saturated carbocycles. The lowest BCUT2D eigenvalue weighted by Crippen LogP contribution is -2.37. The summed E-state index contributed by atoms with van der Waals surface area (Å²) >= 11 is 0. The Morgan fingerprint density at radius 3 is 2.20 bits per heavy atom. The minimum atomic E-state index is -0.173. The Morgan fingerprint density at radius 2 is 1.64 bits per heavy atom. The first-order valence-corrected chi connectivity index (χ1v) is 8.38. The maximum absolute atomic E-state index is 12.5. The molecule has 0 aliphatic carbocycles. The highest BCUT2D eigenvalue weighted by Gasteiger charge is 2.20. The molecule has 1 amide bonds. The molecule has 0 aromatic heterocycles. The van der Waals surface area contributed by atoms with Gasteiger partial charge in [0.05, 0.1) is 12.6 Å². The first-order valence-electron chi connectivity index (χ1n) is 8.38. The summed E-state index contributed by atoms with van der Waals surface area (Å²) in [4.78, 5) is 12.5. The molecule has 0 radical (unpaired) electrons. The van der Waals surface area contributed by atoms with Gasteiger partial charge in [0.1, 0.15) is 5.75 Å². The van der Waals surface area contributed by atoms with Crippen molar-refractivity contribution in [1.29, 1.82) is 0 Å². The van der Waals surface area contributed by atoms with Gasteiger partial charge in [-0.1, -0.05) is 49.4 Å². The third kappa shape index (κ3) is 6.07. The van der Waals surface area contributed by atoms with Gasteiger partial charge in [-0.2, -0.15) is 0 Å². The summed E-state index contributed by atoms with van der Waals surface area (Å²) in [5.74, 6) is 0.777. The highest BCUT2D eigenvalue weighted by Crippen LogP contribution is 2.24. The molecule has 5 heteroatoms. The quantitative estimate of drug-likeness (QED) is 0.754. The molecule has 0 aliphatic rings. The molecule has 2 aromatic carbocycles. The average molecular weight is 363 g/mol. The minimum Gasteiger partial charge on any atom is -0.494 e. The van der Waals surface area contributed by atoms with Gasteiger partial charge in [-0.05, 0) is 37.2 Å². The molecule has 136 valence electrons. The standard InChI is InChI=1S/C20H26N2O2.ClH/c1-4-24-18-12-10-17(11-13-18)19(16-8-6-5-7-9-16)22-20(23)15(2)14-21-3;/h5-13,15,19,21H,4,14H2,1-3H3,(H,22,23);1H. The molecule has 25 heavy (non-hydrogen) atoms. The number of carbonyl (C=O) groups excluding carboxylic acids is 1. The second kappa shape index (κ2) is 10.7. The van der Waals surface area contributed by atoms with Crippen LogP contribution < -0.4 is 15.4 Å². The van der Waals surface area contributed by atoms with Gasteiger partial charge in [0.25, 0.3) is 0 Å². The number of carbonyl (C=O) groups is 1. The first-order chi connectivity index (χ1) is 11.7. The fourth-order valence-corrected chi connectivity index (χ4v) is 2.61. The number of nitrogens with one attached hydrogen (secondary N) is 2. The van der Waals surface area contributed by atoms with Gasteiger partial charge in [0.15, 0.2) is 0 Å². The van der Waals surface area contributed by atoms with Gasteiger partial charge in [-0.3, -0.25) is 4.79 Å². The van der Waals surface area contributed by atoms with Gasteiger partial charge in [-0.25, -0.2) is 0 Å². The number of hydrogen-bond acceptors (Lipinski definition) is 3. The fourth-order valence-electron chi connectivity index (χ4n) is 2.61. The van der Waals surface area contributed by atoms with Gasteiger partial charge in [0, 0.05) is 12.5 Å². The van der Waals surface area contributed by atoms with Crippen LogP contribution in [-0.4, -0.2) is 26.1 Å². The lowest BCUT2D eigenvalue weighted by Gasteiger charge is -2.22. The predicted octanol–water partition coefficient (Wildman–Crippen LogP) is 3.57. The number of benzene rings is 2. The highest BCUT2D eigenvalue weighted by atomic mass is 35.5. The van der Waals surface area contributed by atoms with E-state index in [9.17, 15) is 4.79 Å². The summed E-state index contributed by atoms with van der Waals surface area (Å²) in [5.41, 5.74) is 2.10. The number of ether oxygens (including phenoxy) is 1. The minimum absolute atomic E-state index is 0. The molecule has 0 spiro atoms. The summed E-state index contributed by atoms with van der Waals surface area (Å²) in [5, 5.41) is 6.21. The van der Waals surface area contributed by atoms with Crippen molar-refractivity contribution in [2.45, 2.75) is 19.9 Å². The monoisotopic (exact) mass is 362 g/mol. The van der Waals surface area contributed by atoms with Gasteiger partial charge in [-0.15, -0.1) is 12.4 Å². The first kappa shape index (κ1) is 21.0. The van der Waals surface area contributed by atoms with E-state index in [1.807, 2.05) is 75.5 Å². The second-order valence-corrected chi connectivity index (χ2v) is 5.81. The van der Waals surface area contributed by atoms with E-state index in [0.29, 0.717) is 13.2 Å². The van der Waals surface area contributed by atoms with E-state index in [1.54, 1.807) is 0 Å². The topological polar surface area (TPSA) is 50.4 Å². The van der Waals surface area contributed by atoms with Crippen molar-refractivity contribution in [3.05, 3.63) is 65.7 Å². The van der Waals surface area contributed by atoms with Gasteiger partial charge < -0.3 is 15.4 Å². The maximum atomic E-state index is 12.5. The Balaban J connectivity index is 0.00000312. The summed E-state index contributed by atoms with van der Waals surface area (Å²) in [6, 6.07) is 17.7. The third-order valence-corrected chi connectivity index (χ3v) is 3.90. The molecule has 0 bridgehead atoms. The van der Waals surface area contributed by atoms with Crippen LogP contribution in [0.2, 0.25) is 0 Å². The maximum Gasteiger partial charge on any atom is 0.224 e. The molecule has 4 nitrogen and oxygen atoms in total. The van der Waals surface area contributed by atoms with E-state index in [-0.39, 0.29) is 30.3 Å². The van der Waals surface area contributed by atoms with Crippen LogP contribution in [-0.2, 0) is 4.79 Å². The number of amides is 1. The highest BCUT2D eigenvalue weighted by molar-refractivity contribution is 5.85. The van der Waals surface area contributed by atoms with Crippen molar-refractivity contribution in [3.63, 3.8) is 0 Å². The van der Waals surface area contributed by atoms with E-state index in [1.165, 1.54) is 0 Å². The molecule has 2 aromatic rings. The smallest absolute Gasteiger partial charge is 0.224 e. The SMILES string of the molecule is CCOc1ccc(C(NC(=O)C(C)CNC)c2ccccc2)cc1.Cl. The van der Waals surface area contributed by atoms with Crippen molar-refractivity contribution in [1.82, 2.24) is 10.6 Å². The molecule has 2 N–H and O–H groups in total.